The average molecular weight is 729 g/mol. The summed E-state index contributed by atoms with van der Waals surface area (Å²) in [6, 6.07) is 6.82. The molecule has 262 valence electrons. The van der Waals surface area contributed by atoms with E-state index in [2.05, 4.69) is 42.0 Å². The summed E-state index contributed by atoms with van der Waals surface area (Å²) >= 11 is 3.62. The summed E-state index contributed by atoms with van der Waals surface area (Å²) in [6.07, 6.45) is 5.63. The molecular formula is C37H50BrN3O7. The number of amides is 3. The number of hydrogen-bond acceptors (Lipinski definition) is 7. The number of likely N-dealkylation sites (tertiary alicyclic amines) is 1. The van der Waals surface area contributed by atoms with Gasteiger partial charge in [-0.25, -0.2) is 0 Å². The number of aliphatic hydroxyl groups excluding tert-OH is 1. The third-order valence-corrected chi connectivity index (χ3v) is 10.8. The van der Waals surface area contributed by atoms with Crippen LogP contribution in [0.25, 0.3) is 0 Å². The quantitative estimate of drug-likeness (QED) is 0.318. The van der Waals surface area contributed by atoms with E-state index in [1.807, 2.05) is 63.3 Å². The standard InChI is InChI=1S/C37H50BrN3O7/c1-8-24(20-42)41-31-33(45)40(36(6,7)21-35(3,4)5)18-14-10-13-17-26(43)39-22(2)29(23-15-11-9-12-16-23)47-34(46)27-28(32(41)44)37(31)19-25(38)30(27)48-37/h9-12,14-16,19,22,24,27-31,42H,8,13,17-18,20-21H2,1-7H3,(H,39,43)/b14-10-/t22-,24+,27+,28-,29+,30+,31+,37-/m1/s1. The molecule has 4 heterocycles. The number of nitrogens with zero attached hydrogens (tertiary/aromatic N) is 2. The van der Waals surface area contributed by atoms with E-state index in [0.29, 0.717) is 29.3 Å². The molecule has 0 radical (unpaired) electrons. The molecule has 0 aromatic heterocycles. The lowest BCUT2D eigenvalue weighted by Gasteiger charge is -2.46. The van der Waals surface area contributed by atoms with Gasteiger partial charge in [0.1, 0.15) is 29.8 Å². The molecule has 5 rings (SSSR count). The van der Waals surface area contributed by atoms with E-state index in [9.17, 15) is 19.5 Å². The summed E-state index contributed by atoms with van der Waals surface area (Å²) in [6.45, 7) is 13.9. The number of hydrogen-bond donors (Lipinski definition) is 2. The third kappa shape index (κ3) is 6.62. The number of cyclic esters (lactones) is 1. The van der Waals surface area contributed by atoms with Crippen LogP contribution in [0.2, 0.25) is 0 Å². The number of nitrogens with one attached hydrogen (secondary N) is 1. The second kappa shape index (κ2) is 13.7. The first-order chi connectivity index (χ1) is 22.6. The second-order valence-corrected chi connectivity index (χ2v) is 16.4. The maximum atomic E-state index is 15.2. The minimum atomic E-state index is -1.46. The minimum absolute atomic E-state index is 0.131. The fraction of sp³-hybridized carbons (Fsp3) is 0.622. The lowest BCUT2D eigenvalue weighted by atomic mass is 9.74. The Kier molecular flexibility index (Phi) is 10.4. The maximum absolute atomic E-state index is 15.2. The monoisotopic (exact) mass is 727 g/mol. The van der Waals surface area contributed by atoms with Crippen molar-refractivity contribution in [2.24, 2.45) is 17.3 Å². The van der Waals surface area contributed by atoms with E-state index in [1.54, 1.807) is 17.9 Å². The van der Waals surface area contributed by atoms with Gasteiger partial charge in [-0.1, -0.05) is 86.1 Å². The van der Waals surface area contributed by atoms with Gasteiger partial charge in [0.15, 0.2) is 0 Å². The SMILES string of the molecule is CC[C@@H](CO)N1C(=O)[C@H]2[C@@H]3C(=O)O[C@H](c4ccccc4)[C@@H](C)NC(=O)CC/C=C\CN(C(C)(C)CC(C)(C)C)C(=O)[C@H]1[C@@]21C=C(Br)[C@@H]3O1. The Labute approximate surface area is 292 Å². The largest absolute Gasteiger partial charge is 0.455 e. The summed E-state index contributed by atoms with van der Waals surface area (Å²) in [4.78, 5) is 60.6. The van der Waals surface area contributed by atoms with Gasteiger partial charge in [0, 0.05) is 23.0 Å². The normalized spacial score (nSPS) is 32.9. The van der Waals surface area contributed by atoms with Gasteiger partial charge < -0.3 is 29.7 Å². The molecule has 2 fully saturated rings. The molecule has 11 heteroatoms. The van der Waals surface area contributed by atoms with Gasteiger partial charge in [-0.15, -0.1) is 0 Å². The summed E-state index contributed by atoms with van der Waals surface area (Å²) in [5.41, 5.74) is -1.55. The Balaban J connectivity index is 1.66. The Hall–Kier alpha value is -3.02. The Morgan fingerprint density at radius 3 is 2.35 bits per heavy atom. The van der Waals surface area contributed by atoms with Crippen molar-refractivity contribution >= 4 is 39.6 Å². The smallest absolute Gasteiger partial charge is 0.313 e. The number of carbonyl (C=O) groups excluding carboxylic acids is 4. The van der Waals surface area contributed by atoms with Crippen LogP contribution in [0.5, 0.6) is 0 Å². The number of esters is 1. The van der Waals surface area contributed by atoms with Crippen molar-refractivity contribution in [1.29, 1.82) is 0 Å². The molecule has 0 saturated carbocycles. The highest BCUT2D eigenvalue weighted by Crippen LogP contribution is 2.59. The number of ether oxygens (including phenoxy) is 2. The van der Waals surface area contributed by atoms with Crippen molar-refractivity contribution in [3.8, 4) is 0 Å². The van der Waals surface area contributed by atoms with Crippen molar-refractivity contribution in [3.63, 3.8) is 0 Å². The highest BCUT2D eigenvalue weighted by Gasteiger charge is 2.75. The van der Waals surface area contributed by atoms with Gasteiger partial charge >= 0.3 is 5.97 Å². The van der Waals surface area contributed by atoms with Crippen molar-refractivity contribution in [1.82, 2.24) is 15.1 Å². The molecule has 1 aromatic rings. The number of fused-ring (bicyclic) bond motifs is 2. The van der Waals surface area contributed by atoms with Crippen LogP contribution in [0.1, 0.15) is 85.8 Å². The van der Waals surface area contributed by atoms with E-state index >= 15 is 4.79 Å². The van der Waals surface area contributed by atoms with Gasteiger partial charge in [-0.2, -0.15) is 0 Å². The lowest BCUT2D eigenvalue weighted by molar-refractivity contribution is -0.162. The minimum Gasteiger partial charge on any atom is -0.455 e. The van der Waals surface area contributed by atoms with Crippen LogP contribution in [0, 0.1) is 17.3 Å². The van der Waals surface area contributed by atoms with Gasteiger partial charge in [-0.05, 0) is 57.1 Å². The first-order valence-corrected chi connectivity index (χ1v) is 17.9. The molecule has 4 aliphatic heterocycles. The molecule has 4 aliphatic rings. The van der Waals surface area contributed by atoms with Gasteiger partial charge in [0.25, 0.3) is 0 Å². The van der Waals surface area contributed by atoms with E-state index in [4.69, 9.17) is 9.47 Å². The predicted molar refractivity (Wildman–Crippen MR) is 185 cm³/mol. The molecule has 8 atom stereocenters. The van der Waals surface area contributed by atoms with Gasteiger partial charge in [0.05, 0.1) is 24.6 Å². The van der Waals surface area contributed by atoms with Crippen LogP contribution in [0.3, 0.4) is 0 Å². The molecular weight excluding hydrogens is 678 g/mol. The number of allylic oxidation sites excluding steroid dienone is 1. The molecule has 0 aliphatic carbocycles. The number of rotatable bonds is 6. The molecule has 2 saturated heterocycles. The maximum Gasteiger partial charge on any atom is 0.313 e. The van der Waals surface area contributed by atoms with Crippen molar-refractivity contribution in [3.05, 3.63) is 58.6 Å². The van der Waals surface area contributed by atoms with Crippen LogP contribution in [0.4, 0.5) is 0 Å². The predicted octanol–water partition coefficient (Wildman–Crippen LogP) is 4.81. The first kappa shape index (κ1) is 36.3. The molecule has 1 aromatic carbocycles. The summed E-state index contributed by atoms with van der Waals surface area (Å²) in [5.74, 6) is -3.69. The van der Waals surface area contributed by atoms with Crippen molar-refractivity contribution in [2.45, 2.75) is 116 Å². The van der Waals surface area contributed by atoms with Gasteiger partial charge in [-0.3, -0.25) is 19.2 Å². The average Bonchev–Trinajstić information content (AvgIpc) is 3.60. The molecule has 48 heavy (non-hydrogen) atoms. The molecule has 0 unspecified atom stereocenters. The van der Waals surface area contributed by atoms with Crippen molar-refractivity contribution < 1.29 is 33.8 Å². The van der Waals surface area contributed by atoms with Crippen LogP contribution in [-0.4, -0.2) is 87.1 Å². The molecule has 3 amide bonds. The van der Waals surface area contributed by atoms with Crippen molar-refractivity contribution in [2.75, 3.05) is 13.2 Å². The zero-order valence-corrected chi connectivity index (χ0v) is 30.7. The zero-order valence-electron chi connectivity index (χ0n) is 29.1. The summed E-state index contributed by atoms with van der Waals surface area (Å²) < 4.78 is 13.5. The van der Waals surface area contributed by atoms with E-state index in [1.165, 1.54) is 4.90 Å². The number of aliphatic hydroxyl groups is 1. The van der Waals surface area contributed by atoms with E-state index in [-0.39, 0.29) is 36.8 Å². The fourth-order valence-corrected chi connectivity index (χ4v) is 9.14. The number of carbonyl (C=O) groups is 4. The summed E-state index contributed by atoms with van der Waals surface area (Å²) in [7, 11) is 0. The molecule has 10 nitrogen and oxygen atoms in total. The number of benzene rings is 1. The topological polar surface area (TPSA) is 125 Å². The van der Waals surface area contributed by atoms with Crippen LogP contribution < -0.4 is 5.32 Å². The lowest BCUT2D eigenvalue weighted by Crippen LogP contribution is -2.62. The second-order valence-electron chi connectivity index (χ2n) is 15.5. The first-order valence-electron chi connectivity index (χ1n) is 17.1. The van der Waals surface area contributed by atoms with E-state index < -0.39 is 65.2 Å². The zero-order chi connectivity index (χ0) is 35.2. The van der Waals surface area contributed by atoms with Crippen LogP contribution in [0.15, 0.2) is 53.0 Å². The van der Waals surface area contributed by atoms with E-state index in [0.717, 1.165) is 0 Å². The highest BCUT2D eigenvalue weighted by atomic mass is 79.9. The molecule has 5 bridgehead atoms. The Morgan fingerprint density at radius 2 is 1.73 bits per heavy atom. The molecule has 2 N–H and O–H groups in total. The van der Waals surface area contributed by atoms with Crippen LogP contribution >= 0.6 is 15.9 Å². The summed E-state index contributed by atoms with van der Waals surface area (Å²) in [5, 5.41) is 13.5. The van der Waals surface area contributed by atoms with Gasteiger partial charge in [0.2, 0.25) is 17.7 Å². The fourth-order valence-electron chi connectivity index (χ4n) is 8.41. The highest BCUT2D eigenvalue weighted by molar-refractivity contribution is 9.11. The molecule has 1 spiro atoms. The Morgan fingerprint density at radius 1 is 1.04 bits per heavy atom. The third-order valence-electron chi connectivity index (χ3n) is 10.1. The van der Waals surface area contributed by atoms with Crippen LogP contribution in [-0.2, 0) is 28.7 Å². The Bertz CT molecular complexity index is 1470. The number of halogens is 1.